The fourth-order valence-electron chi connectivity index (χ4n) is 3.48. The number of anilines is 1. The quantitative estimate of drug-likeness (QED) is 0.431. The van der Waals surface area contributed by atoms with Gasteiger partial charge in [0.15, 0.2) is 0 Å². The first-order valence-electron chi connectivity index (χ1n) is 9.51. The van der Waals surface area contributed by atoms with Crippen LogP contribution in [0, 0.1) is 0 Å². The van der Waals surface area contributed by atoms with Crippen molar-refractivity contribution in [2.24, 2.45) is 0 Å². The molecule has 2 N–H and O–H groups in total. The third-order valence-electron chi connectivity index (χ3n) is 5.01. The average molecular weight is 435 g/mol. The average Bonchev–Trinajstić information content (AvgIpc) is 3.12. The van der Waals surface area contributed by atoms with Gasteiger partial charge < -0.3 is 19.7 Å². The summed E-state index contributed by atoms with van der Waals surface area (Å²) in [6.07, 6.45) is 1.75. The van der Waals surface area contributed by atoms with Crippen molar-refractivity contribution in [1.29, 1.82) is 0 Å². The summed E-state index contributed by atoms with van der Waals surface area (Å²) in [5.74, 6) is -0.750. The van der Waals surface area contributed by atoms with Gasteiger partial charge in [-0.3, -0.25) is 4.79 Å². The smallest absolute Gasteiger partial charge is 0.337 e. The summed E-state index contributed by atoms with van der Waals surface area (Å²) < 4.78 is 7.17. The number of para-hydroxylation sites is 1. The lowest BCUT2D eigenvalue weighted by atomic mass is 10.1. The number of hydrogen-bond acceptors (Lipinski definition) is 3. The topological polar surface area (TPSA) is 80.6 Å². The fraction of sp³-hybridized carbons (Fsp3) is 0.0833. The van der Waals surface area contributed by atoms with Gasteiger partial charge in [-0.2, -0.15) is 0 Å². The first-order valence-corrected chi connectivity index (χ1v) is 9.89. The number of benzene rings is 3. The van der Waals surface area contributed by atoms with Gasteiger partial charge in [-0.15, -0.1) is 0 Å². The Balaban J connectivity index is 1.71. The number of carboxylic acids is 1. The molecule has 1 aromatic heterocycles. The van der Waals surface area contributed by atoms with Gasteiger partial charge in [-0.1, -0.05) is 35.9 Å². The summed E-state index contributed by atoms with van der Waals surface area (Å²) >= 11 is 6.19. The van der Waals surface area contributed by atoms with Crippen LogP contribution in [0.4, 0.5) is 5.69 Å². The van der Waals surface area contributed by atoms with Gasteiger partial charge >= 0.3 is 5.97 Å². The van der Waals surface area contributed by atoms with Crippen molar-refractivity contribution in [3.63, 3.8) is 0 Å². The Morgan fingerprint density at radius 3 is 2.48 bits per heavy atom. The number of ether oxygens (including phenoxy) is 1. The molecule has 7 heteroatoms. The minimum atomic E-state index is -1.11. The van der Waals surface area contributed by atoms with Gasteiger partial charge in [0, 0.05) is 28.7 Å². The molecule has 31 heavy (non-hydrogen) atoms. The number of amides is 1. The molecular weight excluding hydrogens is 416 g/mol. The Labute approximate surface area is 183 Å². The van der Waals surface area contributed by atoms with E-state index in [1.807, 2.05) is 34.9 Å². The lowest BCUT2D eigenvalue weighted by Crippen LogP contribution is -2.14. The monoisotopic (exact) mass is 434 g/mol. The van der Waals surface area contributed by atoms with Crippen LogP contribution < -0.4 is 10.1 Å². The second kappa shape index (κ2) is 8.53. The van der Waals surface area contributed by atoms with E-state index in [1.54, 1.807) is 43.6 Å². The van der Waals surface area contributed by atoms with Crippen LogP contribution in [-0.4, -0.2) is 28.7 Å². The summed E-state index contributed by atoms with van der Waals surface area (Å²) in [6.45, 7) is 0.543. The number of nitrogens with one attached hydrogen (secondary N) is 1. The third-order valence-corrected chi connectivity index (χ3v) is 5.24. The molecular formula is C24H19ClN2O4. The van der Waals surface area contributed by atoms with Crippen LogP contribution in [-0.2, 0) is 6.54 Å². The first kappa shape index (κ1) is 20.5. The maximum Gasteiger partial charge on any atom is 0.337 e. The molecule has 0 saturated carbocycles. The van der Waals surface area contributed by atoms with Crippen molar-refractivity contribution < 1.29 is 19.4 Å². The molecule has 0 atom stereocenters. The zero-order chi connectivity index (χ0) is 22.0. The predicted molar refractivity (Wildman–Crippen MR) is 120 cm³/mol. The van der Waals surface area contributed by atoms with E-state index < -0.39 is 11.9 Å². The van der Waals surface area contributed by atoms with E-state index in [2.05, 4.69) is 5.32 Å². The maximum absolute atomic E-state index is 13.1. The van der Waals surface area contributed by atoms with E-state index in [0.29, 0.717) is 22.5 Å². The number of nitrogens with zero attached hydrogens (tertiary/aromatic N) is 1. The lowest BCUT2D eigenvalue weighted by Gasteiger charge is -2.07. The molecule has 4 aromatic rings. The molecule has 4 rings (SSSR count). The molecule has 0 aliphatic rings. The molecule has 156 valence electrons. The number of carbonyl (C=O) groups is 2. The number of carbonyl (C=O) groups excluding carboxylic acids is 1. The fourth-order valence-corrected chi connectivity index (χ4v) is 3.65. The van der Waals surface area contributed by atoms with Crippen molar-refractivity contribution in [3.8, 4) is 5.75 Å². The van der Waals surface area contributed by atoms with Crippen molar-refractivity contribution in [1.82, 2.24) is 4.57 Å². The molecule has 0 radical (unpaired) electrons. The minimum absolute atomic E-state index is 0.0239. The van der Waals surface area contributed by atoms with E-state index in [-0.39, 0.29) is 11.3 Å². The van der Waals surface area contributed by atoms with Crippen molar-refractivity contribution in [2.45, 2.75) is 6.54 Å². The van der Waals surface area contributed by atoms with E-state index in [4.69, 9.17) is 16.3 Å². The van der Waals surface area contributed by atoms with E-state index in [1.165, 1.54) is 6.07 Å². The van der Waals surface area contributed by atoms with Crippen molar-refractivity contribution in [2.75, 3.05) is 12.4 Å². The number of methoxy groups -OCH3 is 1. The normalized spacial score (nSPS) is 10.8. The number of fused-ring (bicyclic) bond motifs is 1. The van der Waals surface area contributed by atoms with Crippen LogP contribution in [0.5, 0.6) is 5.75 Å². The van der Waals surface area contributed by atoms with Gasteiger partial charge in [-0.25, -0.2) is 4.79 Å². The Hall–Kier alpha value is -3.77. The van der Waals surface area contributed by atoms with E-state index in [0.717, 1.165) is 16.8 Å². The Kier molecular flexibility index (Phi) is 5.64. The minimum Gasteiger partial charge on any atom is -0.497 e. The highest BCUT2D eigenvalue weighted by Gasteiger charge is 2.18. The van der Waals surface area contributed by atoms with Crippen molar-refractivity contribution in [3.05, 3.63) is 94.6 Å². The summed E-state index contributed by atoms with van der Waals surface area (Å²) in [4.78, 5) is 24.6. The molecule has 1 amide bonds. The third kappa shape index (κ3) is 4.25. The highest BCUT2D eigenvalue weighted by atomic mass is 35.5. The number of aromatic nitrogens is 1. The Morgan fingerprint density at radius 1 is 1.03 bits per heavy atom. The van der Waals surface area contributed by atoms with Crippen LogP contribution in [0.25, 0.3) is 10.9 Å². The van der Waals surface area contributed by atoms with Gasteiger partial charge in [0.25, 0.3) is 5.91 Å². The Bertz CT molecular complexity index is 1280. The van der Waals surface area contributed by atoms with Crippen LogP contribution in [0.1, 0.15) is 26.3 Å². The second-order valence-corrected chi connectivity index (χ2v) is 7.42. The second-order valence-electron chi connectivity index (χ2n) is 6.99. The van der Waals surface area contributed by atoms with Crippen LogP contribution >= 0.6 is 11.6 Å². The first-order chi connectivity index (χ1) is 15.0. The number of carboxylic acid groups (broad SMARTS) is 1. The lowest BCUT2D eigenvalue weighted by molar-refractivity contribution is 0.0698. The molecule has 6 nitrogen and oxygen atoms in total. The van der Waals surface area contributed by atoms with Crippen LogP contribution in [0.3, 0.4) is 0 Å². The summed E-state index contributed by atoms with van der Waals surface area (Å²) in [7, 11) is 1.62. The molecule has 0 saturated heterocycles. The Morgan fingerprint density at radius 2 is 1.77 bits per heavy atom. The van der Waals surface area contributed by atoms with Gasteiger partial charge in [0.1, 0.15) is 5.75 Å². The molecule has 0 unspecified atom stereocenters. The SMILES string of the molecule is COc1ccc(Cn2cc(C(=O)Nc3ccccc3C(=O)O)c3cc(Cl)ccc32)cc1. The highest BCUT2D eigenvalue weighted by molar-refractivity contribution is 6.31. The van der Waals surface area contributed by atoms with Gasteiger partial charge in [0.2, 0.25) is 0 Å². The predicted octanol–water partition coefficient (Wildman–Crippen LogP) is 5.30. The summed E-state index contributed by atoms with van der Waals surface area (Å²) in [5, 5.41) is 13.3. The van der Waals surface area contributed by atoms with Gasteiger partial charge in [0.05, 0.1) is 23.9 Å². The largest absolute Gasteiger partial charge is 0.497 e. The van der Waals surface area contributed by atoms with Crippen LogP contribution in [0.2, 0.25) is 5.02 Å². The standard InChI is InChI=1S/C24H19ClN2O4/c1-31-17-9-6-15(7-10-17)13-27-14-20(19-12-16(25)8-11-22(19)27)23(28)26-21-5-3-2-4-18(21)24(29)30/h2-12,14H,13H2,1H3,(H,26,28)(H,29,30). The molecule has 0 aliphatic heterocycles. The van der Waals surface area contributed by atoms with E-state index >= 15 is 0 Å². The summed E-state index contributed by atoms with van der Waals surface area (Å²) in [5.41, 5.74) is 2.55. The molecule has 0 fully saturated rings. The zero-order valence-electron chi connectivity index (χ0n) is 16.6. The number of halogens is 1. The highest BCUT2D eigenvalue weighted by Crippen LogP contribution is 2.27. The number of hydrogen-bond donors (Lipinski definition) is 2. The molecule has 0 spiro atoms. The molecule has 0 aliphatic carbocycles. The molecule has 1 heterocycles. The number of rotatable bonds is 6. The van der Waals surface area contributed by atoms with Gasteiger partial charge in [-0.05, 0) is 48.0 Å². The maximum atomic E-state index is 13.1. The number of aromatic carboxylic acids is 1. The van der Waals surface area contributed by atoms with E-state index in [9.17, 15) is 14.7 Å². The zero-order valence-corrected chi connectivity index (χ0v) is 17.4. The van der Waals surface area contributed by atoms with Crippen LogP contribution in [0.15, 0.2) is 72.9 Å². The van der Waals surface area contributed by atoms with Crippen molar-refractivity contribution >= 4 is 40.1 Å². The summed E-state index contributed by atoms with van der Waals surface area (Å²) in [6, 6.07) is 19.4. The molecule has 0 bridgehead atoms. The molecule has 3 aromatic carbocycles.